The highest BCUT2D eigenvalue weighted by molar-refractivity contribution is 5.87. The maximum absolute atomic E-state index is 12.9. The molecule has 1 aromatic carbocycles. The standard InChI is InChI=1S/C16H21N3O2/c1-11-10-13(12-4-2-3-5-14(12)18-11)16(21)19-8-6-15(20)17-7-9-19/h2-5,11,13,18H,6-10H2,1H3,(H,17,20). The molecule has 1 fully saturated rings. The maximum atomic E-state index is 12.9. The average molecular weight is 287 g/mol. The van der Waals surface area contributed by atoms with Crippen molar-refractivity contribution in [2.75, 3.05) is 25.0 Å². The van der Waals surface area contributed by atoms with Gasteiger partial charge >= 0.3 is 0 Å². The van der Waals surface area contributed by atoms with Gasteiger partial charge < -0.3 is 15.5 Å². The van der Waals surface area contributed by atoms with Crippen LogP contribution in [0.5, 0.6) is 0 Å². The van der Waals surface area contributed by atoms with Gasteiger partial charge in [0, 0.05) is 37.8 Å². The topological polar surface area (TPSA) is 61.4 Å². The molecule has 0 radical (unpaired) electrons. The van der Waals surface area contributed by atoms with Crippen molar-refractivity contribution in [2.45, 2.75) is 31.7 Å². The van der Waals surface area contributed by atoms with E-state index in [-0.39, 0.29) is 23.8 Å². The molecule has 0 bridgehead atoms. The summed E-state index contributed by atoms with van der Waals surface area (Å²) in [4.78, 5) is 26.1. The van der Waals surface area contributed by atoms with E-state index in [1.54, 1.807) is 0 Å². The molecule has 2 unspecified atom stereocenters. The van der Waals surface area contributed by atoms with Gasteiger partial charge in [-0.1, -0.05) is 18.2 Å². The SMILES string of the molecule is CC1CC(C(=O)N2CCNC(=O)CC2)c2ccccc2N1. The quantitative estimate of drug-likeness (QED) is 0.819. The number of amides is 2. The molecule has 2 amide bonds. The summed E-state index contributed by atoms with van der Waals surface area (Å²) in [6.45, 7) is 3.77. The van der Waals surface area contributed by atoms with Crippen LogP contribution in [0.15, 0.2) is 24.3 Å². The molecule has 2 aliphatic heterocycles. The first-order chi connectivity index (χ1) is 10.1. The molecule has 0 spiro atoms. The van der Waals surface area contributed by atoms with Crippen molar-refractivity contribution in [3.63, 3.8) is 0 Å². The Morgan fingerprint density at radius 3 is 2.95 bits per heavy atom. The highest BCUT2D eigenvalue weighted by Crippen LogP contribution is 2.35. The van der Waals surface area contributed by atoms with E-state index >= 15 is 0 Å². The third-order valence-corrected chi connectivity index (χ3v) is 4.25. The van der Waals surface area contributed by atoms with Gasteiger partial charge in [-0.25, -0.2) is 0 Å². The van der Waals surface area contributed by atoms with E-state index in [1.165, 1.54) is 0 Å². The third kappa shape index (κ3) is 2.86. The minimum absolute atomic E-state index is 0.0318. The Hall–Kier alpha value is -2.04. The number of rotatable bonds is 1. The largest absolute Gasteiger partial charge is 0.382 e. The normalized spacial score (nSPS) is 25.4. The van der Waals surface area contributed by atoms with Gasteiger partial charge in [0.2, 0.25) is 11.8 Å². The molecule has 3 rings (SSSR count). The van der Waals surface area contributed by atoms with Crippen molar-refractivity contribution < 1.29 is 9.59 Å². The second-order valence-electron chi connectivity index (χ2n) is 5.85. The molecular formula is C16H21N3O2. The first-order valence-corrected chi connectivity index (χ1v) is 7.56. The summed E-state index contributed by atoms with van der Waals surface area (Å²) in [6.07, 6.45) is 1.20. The van der Waals surface area contributed by atoms with Crippen LogP contribution in [0.1, 0.15) is 31.2 Å². The van der Waals surface area contributed by atoms with Crippen LogP contribution in [-0.4, -0.2) is 42.4 Å². The van der Waals surface area contributed by atoms with Crippen LogP contribution in [0.4, 0.5) is 5.69 Å². The van der Waals surface area contributed by atoms with Gasteiger partial charge in [-0.3, -0.25) is 9.59 Å². The minimum atomic E-state index is -0.106. The van der Waals surface area contributed by atoms with Gasteiger partial charge in [0.05, 0.1) is 5.92 Å². The Morgan fingerprint density at radius 1 is 1.29 bits per heavy atom. The molecular weight excluding hydrogens is 266 g/mol. The van der Waals surface area contributed by atoms with E-state index < -0.39 is 0 Å². The van der Waals surface area contributed by atoms with Crippen LogP contribution in [0, 0.1) is 0 Å². The van der Waals surface area contributed by atoms with E-state index in [1.807, 2.05) is 29.2 Å². The summed E-state index contributed by atoms with van der Waals surface area (Å²) < 4.78 is 0. The predicted octanol–water partition coefficient (Wildman–Crippen LogP) is 1.32. The van der Waals surface area contributed by atoms with Crippen LogP contribution in [0.3, 0.4) is 0 Å². The zero-order valence-electron chi connectivity index (χ0n) is 12.3. The Labute approximate surface area is 124 Å². The highest BCUT2D eigenvalue weighted by Gasteiger charge is 2.32. The number of hydrogen-bond donors (Lipinski definition) is 2. The fraction of sp³-hybridized carbons (Fsp3) is 0.500. The number of carbonyl (C=O) groups excluding carboxylic acids is 2. The lowest BCUT2D eigenvalue weighted by molar-refractivity contribution is -0.133. The second-order valence-corrected chi connectivity index (χ2v) is 5.85. The number of carbonyl (C=O) groups is 2. The Bertz CT molecular complexity index is 558. The number of hydrogen-bond acceptors (Lipinski definition) is 3. The number of fused-ring (bicyclic) bond motifs is 1. The van der Waals surface area contributed by atoms with E-state index in [2.05, 4.69) is 17.6 Å². The van der Waals surface area contributed by atoms with Crippen molar-refractivity contribution in [1.29, 1.82) is 0 Å². The first-order valence-electron chi connectivity index (χ1n) is 7.56. The molecule has 0 aliphatic carbocycles. The van der Waals surface area contributed by atoms with Gasteiger partial charge in [-0.2, -0.15) is 0 Å². The third-order valence-electron chi connectivity index (χ3n) is 4.25. The monoisotopic (exact) mass is 287 g/mol. The molecule has 1 aromatic rings. The molecule has 2 heterocycles. The van der Waals surface area contributed by atoms with E-state index in [4.69, 9.17) is 0 Å². The van der Waals surface area contributed by atoms with Gasteiger partial charge in [0.15, 0.2) is 0 Å². The Balaban J connectivity index is 1.82. The summed E-state index contributed by atoms with van der Waals surface area (Å²) >= 11 is 0. The van der Waals surface area contributed by atoms with E-state index in [0.29, 0.717) is 26.1 Å². The number of nitrogens with one attached hydrogen (secondary N) is 2. The van der Waals surface area contributed by atoms with Crippen molar-refractivity contribution in [3.05, 3.63) is 29.8 Å². The first kappa shape index (κ1) is 13.9. The average Bonchev–Trinajstić information content (AvgIpc) is 2.70. The lowest BCUT2D eigenvalue weighted by atomic mass is 9.86. The summed E-state index contributed by atoms with van der Waals surface area (Å²) in [5.74, 6) is 0.0716. The van der Waals surface area contributed by atoms with E-state index in [9.17, 15) is 9.59 Å². The van der Waals surface area contributed by atoms with E-state index in [0.717, 1.165) is 17.7 Å². The predicted molar refractivity (Wildman–Crippen MR) is 81.1 cm³/mol. The van der Waals surface area contributed by atoms with Crippen LogP contribution >= 0.6 is 0 Å². The highest BCUT2D eigenvalue weighted by atomic mass is 16.2. The maximum Gasteiger partial charge on any atom is 0.230 e. The number of nitrogens with zero attached hydrogens (tertiary/aromatic N) is 1. The number of benzene rings is 1. The number of para-hydroxylation sites is 1. The van der Waals surface area contributed by atoms with Gasteiger partial charge in [-0.05, 0) is 25.0 Å². The van der Waals surface area contributed by atoms with Crippen LogP contribution in [0.25, 0.3) is 0 Å². The molecule has 2 aliphatic rings. The zero-order chi connectivity index (χ0) is 14.8. The molecule has 21 heavy (non-hydrogen) atoms. The summed E-state index contributed by atoms with van der Waals surface area (Å²) in [5.41, 5.74) is 2.13. The summed E-state index contributed by atoms with van der Waals surface area (Å²) in [6, 6.07) is 8.29. The van der Waals surface area contributed by atoms with Crippen molar-refractivity contribution in [2.24, 2.45) is 0 Å². The molecule has 2 atom stereocenters. The molecule has 5 nitrogen and oxygen atoms in total. The molecule has 0 aromatic heterocycles. The molecule has 1 saturated heterocycles. The van der Waals surface area contributed by atoms with Crippen molar-refractivity contribution in [1.82, 2.24) is 10.2 Å². The molecule has 112 valence electrons. The lowest BCUT2D eigenvalue weighted by Gasteiger charge is -2.33. The molecule has 2 N–H and O–H groups in total. The minimum Gasteiger partial charge on any atom is -0.382 e. The molecule has 0 saturated carbocycles. The van der Waals surface area contributed by atoms with Crippen molar-refractivity contribution >= 4 is 17.5 Å². The fourth-order valence-electron chi connectivity index (χ4n) is 3.18. The molecule has 5 heteroatoms. The van der Waals surface area contributed by atoms with Crippen LogP contribution in [-0.2, 0) is 9.59 Å². The Kier molecular flexibility index (Phi) is 3.82. The smallest absolute Gasteiger partial charge is 0.230 e. The van der Waals surface area contributed by atoms with Gasteiger partial charge in [0.25, 0.3) is 0 Å². The second kappa shape index (κ2) is 5.76. The van der Waals surface area contributed by atoms with Crippen molar-refractivity contribution in [3.8, 4) is 0 Å². The summed E-state index contributed by atoms with van der Waals surface area (Å²) in [7, 11) is 0. The van der Waals surface area contributed by atoms with Gasteiger partial charge in [-0.15, -0.1) is 0 Å². The van der Waals surface area contributed by atoms with Crippen LogP contribution < -0.4 is 10.6 Å². The number of anilines is 1. The van der Waals surface area contributed by atoms with Gasteiger partial charge in [0.1, 0.15) is 0 Å². The van der Waals surface area contributed by atoms with Crippen LogP contribution in [0.2, 0.25) is 0 Å². The zero-order valence-corrected chi connectivity index (χ0v) is 12.3. The Morgan fingerprint density at radius 2 is 2.10 bits per heavy atom. The fourth-order valence-corrected chi connectivity index (χ4v) is 3.18. The summed E-state index contributed by atoms with van der Waals surface area (Å²) in [5, 5.41) is 6.24. The lowest BCUT2D eigenvalue weighted by Crippen LogP contribution is -2.40.